The fourth-order valence-corrected chi connectivity index (χ4v) is 20.1. The molecule has 0 spiro atoms. The number of aromatic amines is 2. The van der Waals surface area contributed by atoms with Crippen molar-refractivity contribution < 1.29 is 75.8 Å². The smallest absolute Gasteiger partial charge is 0.189 e. The van der Waals surface area contributed by atoms with Crippen molar-refractivity contribution >= 4 is 44.1 Å². The molecule has 0 amide bonds. The van der Waals surface area contributed by atoms with Gasteiger partial charge in [0.05, 0.1) is 106 Å². The van der Waals surface area contributed by atoms with Gasteiger partial charge in [0, 0.05) is 70.2 Å². The summed E-state index contributed by atoms with van der Waals surface area (Å²) in [5.41, 5.74) is 10.9. The van der Waals surface area contributed by atoms with E-state index in [-0.39, 0.29) is 53.6 Å². The third-order valence-corrected chi connectivity index (χ3v) is 28.8. The third-order valence-electron chi connectivity index (χ3n) is 28.8. The van der Waals surface area contributed by atoms with Gasteiger partial charge in [-0.15, -0.1) is 0 Å². The zero-order chi connectivity index (χ0) is 104. The average Bonchev–Trinajstić information content (AvgIpc) is 1.58. The number of H-pyrrole nitrogens is 2. The van der Waals surface area contributed by atoms with Crippen molar-refractivity contribution in [3.8, 4) is 68.5 Å². The minimum absolute atomic E-state index is 0.117. The maximum absolute atomic E-state index is 6.68. The molecule has 24 heteroatoms. The number of benzene rings is 4. The van der Waals surface area contributed by atoms with Crippen LogP contribution in [-0.4, -0.2) is 199 Å². The van der Waals surface area contributed by atoms with Gasteiger partial charge in [0.15, 0.2) is 73.5 Å². The number of aryl methyl sites for hydroxylation is 4. The summed E-state index contributed by atoms with van der Waals surface area (Å²) in [6.45, 7) is 25.4. The fraction of sp³-hybridized carbons (Fsp3) is 0.742. The van der Waals surface area contributed by atoms with Gasteiger partial charge in [-0.25, -0.2) is 29.9 Å². The molecule has 0 fully saturated rings. The Morgan fingerprint density at radius 2 is 0.338 bits per heavy atom. The van der Waals surface area contributed by atoms with Gasteiger partial charge >= 0.3 is 0 Å². The van der Waals surface area contributed by atoms with E-state index in [9.17, 15) is 0 Å². The largest absolute Gasteiger partial charge is 0.464 e. The molecular formula is C124H202N8O16. The lowest BCUT2D eigenvalue weighted by Crippen LogP contribution is -2.13. The highest BCUT2D eigenvalue weighted by Crippen LogP contribution is 2.45. The zero-order valence-electron chi connectivity index (χ0n) is 94.2. The Morgan fingerprint density at radius 3 is 0.547 bits per heavy atom. The first-order chi connectivity index (χ1) is 73.3. The predicted octanol–water partition coefficient (Wildman–Crippen LogP) is 32.6. The maximum Gasteiger partial charge on any atom is 0.189 e. The minimum atomic E-state index is -0.127. The number of fused-ring (bicyclic) bond motifs is 20. The van der Waals surface area contributed by atoms with Crippen LogP contribution in [0, 0.1) is 0 Å². The molecule has 2 aliphatic rings. The van der Waals surface area contributed by atoms with Gasteiger partial charge in [0.25, 0.3) is 0 Å². The second-order valence-electron chi connectivity index (χ2n) is 40.9. The lowest BCUT2D eigenvalue weighted by Gasteiger charge is -2.15. The van der Waals surface area contributed by atoms with Gasteiger partial charge in [0.2, 0.25) is 0 Å². The Labute approximate surface area is 893 Å². The average molecular weight is 2060 g/mol. The highest BCUT2D eigenvalue weighted by Gasteiger charge is 2.29. The lowest BCUT2D eigenvalue weighted by molar-refractivity contribution is -0.0348. The van der Waals surface area contributed by atoms with E-state index in [0.717, 1.165) is 73.3 Å². The molecule has 148 heavy (non-hydrogen) atoms. The van der Waals surface area contributed by atoms with Crippen molar-refractivity contribution in [2.75, 3.05) is 159 Å². The zero-order valence-corrected chi connectivity index (χ0v) is 94.2. The summed E-state index contributed by atoms with van der Waals surface area (Å²) in [5.74, 6) is 3.38. The number of unbranched alkanes of at least 4 members (excludes halogenated alkanes) is 52. The van der Waals surface area contributed by atoms with Crippen LogP contribution in [0.3, 0.4) is 0 Å². The monoisotopic (exact) mass is 2060 g/mol. The van der Waals surface area contributed by atoms with Crippen molar-refractivity contribution in [2.24, 2.45) is 0 Å². The van der Waals surface area contributed by atoms with E-state index < -0.39 is 0 Å². The summed E-state index contributed by atoms with van der Waals surface area (Å²) < 4.78 is 97.0. The molecule has 834 valence electrons. The van der Waals surface area contributed by atoms with Gasteiger partial charge in [-0.2, -0.15) is 0 Å². The normalized spacial score (nSPS) is 11.9. The minimum Gasteiger partial charge on any atom is -0.464 e. The summed E-state index contributed by atoms with van der Waals surface area (Å²) in [4.78, 5) is 42.3. The van der Waals surface area contributed by atoms with Gasteiger partial charge in [-0.3, -0.25) is 0 Å². The number of ether oxygens (including phenoxy) is 16. The molecular weight excluding hydrogens is 1860 g/mol. The quantitative estimate of drug-likeness (QED) is 0.0265. The van der Waals surface area contributed by atoms with Crippen LogP contribution in [0.15, 0.2) is 48.5 Å². The van der Waals surface area contributed by atoms with Crippen molar-refractivity contribution in [1.82, 2.24) is 39.9 Å². The first kappa shape index (κ1) is 124. The van der Waals surface area contributed by atoms with E-state index in [4.69, 9.17) is 106 Å². The van der Waals surface area contributed by atoms with Gasteiger partial charge < -0.3 is 85.8 Å². The molecule has 3 aromatic heterocycles. The lowest BCUT2D eigenvalue weighted by atomic mass is 9.91. The SMILES string of the molecule is CCCCCCCCCCCCCCCCc1cc2c(cc1CCCCCCCCCCCCCCCC)-c1nc-2nc2[nH]c(nc3nc(nc4[nH]c(n1)c1cc(OCOCCOCCOCC)c(OCOCCOCCOCC)cc41)-c1cc(OCOCCOCCOCC)c(OCOCCOCCOCC)cc1-3)c1cc(CCCCCCCCCCCCCCCC)c(CCCCCCCCCCCCCCCC)cc21. The number of hydrogen-bond acceptors (Lipinski definition) is 22. The molecule has 9 rings (SSSR count). The molecule has 0 radical (unpaired) electrons. The molecule has 0 saturated carbocycles. The highest BCUT2D eigenvalue weighted by atomic mass is 16.7. The van der Waals surface area contributed by atoms with E-state index >= 15 is 0 Å². The third kappa shape index (κ3) is 50.5. The van der Waals surface area contributed by atoms with E-state index in [2.05, 4.69) is 61.9 Å². The van der Waals surface area contributed by atoms with Crippen molar-refractivity contribution in [3.63, 3.8) is 0 Å². The molecule has 8 bridgehead atoms. The molecule has 24 nitrogen and oxygen atoms in total. The second-order valence-corrected chi connectivity index (χ2v) is 40.9. The standard InChI is InChI=1S/C124H202N8O16/c1-9-17-21-25-29-33-37-41-45-49-53-57-61-65-69-101-89-105-107(91-103(101)71-67-63-59-55-51-47-43-39-35-31-27-23-19-11-3)119-126-117(105)125-118-106-90-102(70-66-62-58-54-50-46-42-38-34-30-26-22-18-10-2)104(72-68-64-60-56-52-48-44-40-36-32-28-24-20-12-4)92-108(106)120(127-118)129-122-110-94-114(146-98-142-86-82-138-78-74-134-14-6)116(148-100-144-88-84-140-80-76-136-16-8)96-112(110)124(131-122)132-123-111-95-115(147-99-143-87-83-139-79-75-135-15-7)113(93-109(111)121(128-119)130-123)145-97-141-85-81-137-77-73-133-13-5/h89-96H,9-88,97-100H2,1-8H3,(H2,125,126,127,128,129,130,131,132). The van der Waals surface area contributed by atoms with E-state index in [1.807, 2.05) is 52.0 Å². The molecule has 0 atom stereocenters. The number of aromatic nitrogens is 8. The predicted molar refractivity (Wildman–Crippen MR) is 607 cm³/mol. The molecule has 2 N–H and O–H groups in total. The van der Waals surface area contributed by atoms with Crippen LogP contribution in [0.25, 0.3) is 89.7 Å². The van der Waals surface area contributed by atoms with E-state index in [1.165, 1.54) is 356 Å². The van der Waals surface area contributed by atoms with Crippen molar-refractivity contribution in [1.29, 1.82) is 0 Å². The van der Waals surface area contributed by atoms with Crippen LogP contribution in [-0.2, 0) is 82.5 Å². The molecule has 0 saturated heterocycles. The molecule has 5 heterocycles. The van der Waals surface area contributed by atoms with Crippen LogP contribution in [0.1, 0.15) is 437 Å². The van der Waals surface area contributed by atoms with Crippen molar-refractivity contribution in [2.45, 2.75) is 441 Å². The van der Waals surface area contributed by atoms with E-state index in [0.29, 0.717) is 196 Å². The summed E-state index contributed by atoms with van der Waals surface area (Å²) in [5, 5.41) is 3.28. The van der Waals surface area contributed by atoms with Gasteiger partial charge in [0.1, 0.15) is 22.6 Å². The van der Waals surface area contributed by atoms with Crippen LogP contribution in [0.2, 0.25) is 0 Å². The van der Waals surface area contributed by atoms with Gasteiger partial charge in [-0.05, 0) is 150 Å². The molecule has 2 aliphatic heterocycles. The number of rotatable bonds is 100. The Morgan fingerprint density at radius 1 is 0.169 bits per heavy atom. The highest BCUT2D eigenvalue weighted by molar-refractivity contribution is 6.08. The number of nitrogens with zero attached hydrogens (tertiary/aromatic N) is 6. The fourth-order valence-electron chi connectivity index (χ4n) is 20.1. The Hall–Kier alpha value is -7.04. The second kappa shape index (κ2) is 82.5. The molecule has 4 aromatic carbocycles. The summed E-state index contributed by atoms with van der Waals surface area (Å²) in [6, 6.07) is 17.5. The molecule has 0 aliphatic carbocycles. The van der Waals surface area contributed by atoms with Crippen LogP contribution in [0.4, 0.5) is 0 Å². The van der Waals surface area contributed by atoms with Gasteiger partial charge in [-0.1, -0.05) is 362 Å². The van der Waals surface area contributed by atoms with Crippen LogP contribution >= 0.6 is 0 Å². The molecule has 7 aromatic rings. The summed E-state index contributed by atoms with van der Waals surface area (Å²) in [7, 11) is 0. The summed E-state index contributed by atoms with van der Waals surface area (Å²) in [6.07, 6.45) is 77.2. The van der Waals surface area contributed by atoms with Crippen LogP contribution in [0.5, 0.6) is 23.0 Å². The first-order valence-electron chi connectivity index (χ1n) is 60.3. The number of nitrogens with one attached hydrogen (secondary N) is 2. The topological polar surface area (TPSA) is 257 Å². The van der Waals surface area contributed by atoms with Crippen molar-refractivity contribution in [3.05, 3.63) is 70.8 Å². The first-order valence-corrected chi connectivity index (χ1v) is 60.3. The Bertz CT molecular complexity index is 4350. The number of hydrogen-bond donors (Lipinski definition) is 2. The summed E-state index contributed by atoms with van der Waals surface area (Å²) >= 11 is 0. The van der Waals surface area contributed by atoms with Crippen LogP contribution < -0.4 is 18.9 Å². The van der Waals surface area contributed by atoms with E-state index in [1.54, 1.807) is 0 Å². The Kier molecular flexibility index (Phi) is 69.4. The molecule has 0 unspecified atom stereocenters. The maximum atomic E-state index is 6.68. The Balaban J connectivity index is 1.22.